The maximum Gasteiger partial charge on any atom is 0.160 e. The van der Waals surface area contributed by atoms with Crippen LogP contribution in [0.5, 0.6) is 0 Å². The number of benzene rings is 10. The van der Waals surface area contributed by atoms with Gasteiger partial charge in [0.2, 0.25) is 0 Å². The van der Waals surface area contributed by atoms with Crippen LogP contribution in [0, 0.1) is 0 Å². The van der Waals surface area contributed by atoms with Gasteiger partial charge in [0.1, 0.15) is 5.82 Å². The summed E-state index contributed by atoms with van der Waals surface area (Å²) in [5, 5.41) is 3.19. The molecule has 5 nitrogen and oxygen atoms in total. The first kappa shape index (κ1) is 41.6. The molecule has 3 aromatic heterocycles. The summed E-state index contributed by atoms with van der Waals surface area (Å²) in [5.74, 6) is 1.53. The predicted molar refractivity (Wildman–Crippen MR) is 293 cm³/mol. The van der Waals surface area contributed by atoms with Gasteiger partial charge in [-0.1, -0.05) is 224 Å². The van der Waals surface area contributed by atoms with Crippen molar-refractivity contribution in [3.05, 3.63) is 261 Å². The summed E-state index contributed by atoms with van der Waals surface area (Å²) >= 11 is 0. The molecule has 0 bridgehead atoms. The number of imidazole rings is 1. The lowest BCUT2D eigenvalue weighted by Crippen LogP contribution is -2.01. The third kappa shape index (κ3) is 7.63. The molecule has 0 radical (unpaired) electrons. The highest BCUT2D eigenvalue weighted by atomic mass is 15.1. The minimum Gasteiger partial charge on any atom is -0.292 e. The Balaban J connectivity index is 1.06. The highest BCUT2D eigenvalue weighted by Gasteiger charge is 2.24. The van der Waals surface area contributed by atoms with Crippen molar-refractivity contribution in [3.8, 4) is 95.6 Å². The van der Waals surface area contributed by atoms with Gasteiger partial charge >= 0.3 is 0 Å². The molecule has 332 valence electrons. The van der Waals surface area contributed by atoms with Gasteiger partial charge in [0, 0.05) is 49.8 Å². The van der Waals surface area contributed by atoms with Crippen LogP contribution in [0.3, 0.4) is 0 Å². The maximum absolute atomic E-state index is 5.53. The van der Waals surface area contributed by atoms with Crippen molar-refractivity contribution in [2.45, 2.75) is 0 Å². The number of para-hydroxylation sites is 2. The summed E-state index contributed by atoms with van der Waals surface area (Å²) in [4.78, 5) is 22.0. The van der Waals surface area contributed by atoms with Crippen molar-refractivity contribution < 1.29 is 0 Å². The van der Waals surface area contributed by atoms with E-state index in [1.807, 2.05) is 24.3 Å². The molecule has 0 saturated heterocycles. The topological polar surface area (TPSA) is 56.5 Å². The van der Waals surface area contributed by atoms with Gasteiger partial charge in [0.05, 0.1) is 33.6 Å². The Hall–Kier alpha value is -9.58. The molecule has 13 aromatic rings. The van der Waals surface area contributed by atoms with Crippen LogP contribution in [0.1, 0.15) is 0 Å². The van der Waals surface area contributed by atoms with E-state index >= 15 is 0 Å². The standard InChI is InChI=1S/C66H43N5/c1-6-20-44(21-7-1)50-28-18-30-52(42-50)62-59(63(69-65(68-62)48-24-10-3-11-25-48)53-31-19-29-51(43-53)45-22-8-2-9-23-45)46-36-38-47(39-37-46)61-60-56(55-34-16-17-35-57(55)67-61)40-41-58-64(60)70-66(49-26-12-4-13-27-49)71(58)54-32-14-5-15-33-54/h1-43H. The van der Waals surface area contributed by atoms with Crippen LogP contribution in [-0.2, 0) is 0 Å². The van der Waals surface area contributed by atoms with Crippen LogP contribution in [-0.4, -0.2) is 24.5 Å². The first-order valence-electron chi connectivity index (χ1n) is 24.0. The molecular formula is C66H43N5. The molecule has 0 aliphatic carbocycles. The van der Waals surface area contributed by atoms with Crippen LogP contribution in [0.2, 0.25) is 0 Å². The van der Waals surface area contributed by atoms with E-state index in [0.717, 1.165) is 123 Å². The smallest absolute Gasteiger partial charge is 0.160 e. The number of nitrogens with zero attached hydrogens (tertiary/aromatic N) is 5. The van der Waals surface area contributed by atoms with Crippen molar-refractivity contribution in [2.75, 3.05) is 0 Å². The SMILES string of the molecule is c1ccc(-c2cccc(-c3nc(-c4ccccc4)nc(-c4cccc(-c5ccccc5)c4)c3-c3ccc(-c4nc5ccccc5c5ccc6c(nc(-c7ccccc7)n6-c6ccccc6)c45)cc3)c2)cc1. The molecule has 13 rings (SSSR count). The fraction of sp³-hybridized carbons (Fsp3) is 0. The fourth-order valence-electron chi connectivity index (χ4n) is 10.0. The van der Waals surface area contributed by atoms with Gasteiger partial charge in [-0.3, -0.25) is 4.57 Å². The first-order valence-corrected chi connectivity index (χ1v) is 24.0. The monoisotopic (exact) mass is 905 g/mol. The molecule has 0 aliphatic rings. The zero-order valence-corrected chi connectivity index (χ0v) is 38.6. The average molecular weight is 906 g/mol. The summed E-state index contributed by atoms with van der Waals surface area (Å²) in [6, 6.07) is 91.4. The van der Waals surface area contributed by atoms with Gasteiger partial charge in [0.25, 0.3) is 0 Å². The molecule has 0 unspecified atom stereocenters. The zero-order chi connectivity index (χ0) is 47.1. The van der Waals surface area contributed by atoms with Crippen LogP contribution >= 0.6 is 0 Å². The van der Waals surface area contributed by atoms with Gasteiger partial charge in [-0.05, 0) is 69.6 Å². The van der Waals surface area contributed by atoms with E-state index in [9.17, 15) is 0 Å². The number of rotatable bonds is 9. The highest BCUT2D eigenvalue weighted by molar-refractivity contribution is 6.20. The Labute approximate surface area is 411 Å². The Kier molecular flexibility index (Phi) is 10.4. The zero-order valence-electron chi connectivity index (χ0n) is 38.6. The Bertz CT molecular complexity index is 3960. The largest absolute Gasteiger partial charge is 0.292 e. The lowest BCUT2D eigenvalue weighted by Gasteiger charge is -2.18. The Morgan fingerprint density at radius 1 is 0.282 bits per heavy atom. The van der Waals surface area contributed by atoms with Gasteiger partial charge < -0.3 is 0 Å². The fourth-order valence-corrected chi connectivity index (χ4v) is 10.0. The summed E-state index contributed by atoms with van der Waals surface area (Å²) in [6.07, 6.45) is 0. The minimum atomic E-state index is 0.659. The summed E-state index contributed by atoms with van der Waals surface area (Å²) < 4.78 is 2.27. The van der Waals surface area contributed by atoms with Crippen molar-refractivity contribution >= 4 is 32.7 Å². The summed E-state index contributed by atoms with van der Waals surface area (Å²) in [7, 11) is 0. The summed E-state index contributed by atoms with van der Waals surface area (Å²) in [6.45, 7) is 0. The lowest BCUT2D eigenvalue weighted by molar-refractivity contribution is 1.10. The number of aromatic nitrogens is 5. The molecule has 5 heteroatoms. The molecule has 10 aromatic carbocycles. The van der Waals surface area contributed by atoms with Gasteiger partial charge in [0.15, 0.2) is 5.82 Å². The van der Waals surface area contributed by atoms with Crippen LogP contribution in [0.15, 0.2) is 261 Å². The van der Waals surface area contributed by atoms with Crippen molar-refractivity contribution in [3.63, 3.8) is 0 Å². The van der Waals surface area contributed by atoms with Gasteiger partial charge in [-0.25, -0.2) is 19.9 Å². The van der Waals surface area contributed by atoms with E-state index in [2.05, 4.69) is 241 Å². The lowest BCUT2D eigenvalue weighted by atomic mass is 9.91. The number of hydrogen-bond acceptors (Lipinski definition) is 4. The average Bonchev–Trinajstić information content (AvgIpc) is 3.86. The first-order chi connectivity index (χ1) is 35.2. The van der Waals surface area contributed by atoms with Crippen LogP contribution < -0.4 is 0 Å². The molecule has 0 aliphatic heterocycles. The quantitative estimate of drug-likeness (QED) is 0.135. The molecule has 0 fully saturated rings. The third-order valence-corrected chi connectivity index (χ3v) is 13.4. The van der Waals surface area contributed by atoms with Gasteiger partial charge in [-0.2, -0.15) is 0 Å². The van der Waals surface area contributed by atoms with E-state index in [1.165, 1.54) is 0 Å². The predicted octanol–water partition coefficient (Wildman–Crippen LogP) is 16.9. The second-order valence-electron chi connectivity index (χ2n) is 17.8. The number of hydrogen-bond donors (Lipinski definition) is 0. The number of pyridine rings is 1. The molecule has 0 amide bonds. The van der Waals surface area contributed by atoms with Crippen molar-refractivity contribution in [1.29, 1.82) is 0 Å². The van der Waals surface area contributed by atoms with Crippen molar-refractivity contribution in [2.24, 2.45) is 0 Å². The molecule has 0 spiro atoms. The molecule has 3 heterocycles. The molecule has 0 atom stereocenters. The van der Waals surface area contributed by atoms with Crippen LogP contribution in [0.4, 0.5) is 0 Å². The van der Waals surface area contributed by atoms with Crippen LogP contribution in [0.25, 0.3) is 128 Å². The maximum atomic E-state index is 5.53. The molecule has 0 N–H and O–H groups in total. The highest BCUT2D eigenvalue weighted by Crippen LogP contribution is 2.44. The summed E-state index contributed by atoms with van der Waals surface area (Å²) in [5.41, 5.74) is 17.8. The van der Waals surface area contributed by atoms with Crippen molar-refractivity contribution in [1.82, 2.24) is 24.5 Å². The second-order valence-corrected chi connectivity index (χ2v) is 17.8. The second kappa shape index (κ2) is 17.8. The Morgan fingerprint density at radius 2 is 0.761 bits per heavy atom. The Morgan fingerprint density at radius 3 is 1.35 bits per heavy atom. The van der Waals surface area contributed by atoms with E-state index < -0.39 is 0 Å². The number of fused-ring (bicyclic) bond motifs is 5. The minimum absolute atomic E-state index is 0.659. The van der Waals surface area contributed by atoms with E-state index in [0.29, 0.717) is 5.82 Å². The van der Waals surface area contributed by atoms with E-state index in [1.54, 1.807) is 0 Å². The van der Waals surface area contributed by atoms with E-state index in [-0.39, 0.29) is 0 Å². The molecule has 71 heavy (non-hydrogen) atoms. The third-order valence-electron chi connectivity index (χ3n) is 13.4. The molecule has 0 saturated carbocycles. The molecular weight excluding hydrogens is 863 g/mol. The van der Waals surface area contributed by atoms with Gasteiger partial charge in [-0.15, -0.1) is 0 Å². The van der Waals surface area contributed by atoms with E-state index in [4.69, 9.17) is 19.9 Å². The normalized spacial score (nSPS) is 11.4.